The molecule has 0 aliphatic rings. The van der Waals surface area contributed by atoms with E-state index in [1.807, 2.05) is 12.1 Å². The highest BCUT2D eigenvalue weighted by atomic mass is 16.3. The molecule has 3 nitrogen and oxygen atoms in total. The Morgan fingerprint density at radius 1 is 0.654 bits per heavy atom. The van der Waals surface area contributed by atoms with Gasteiger partial charge < -0.3 is 15.1 Å². The smallest absolute Gasteiger partial charge is 0.115 e. The summed E-state index contributed by atoms with van der Waals surface area (Å²) in [5.74, 6) is 1.05. The van der Waals surface area contributed by atoms with E-state index in [1.165, 1.54) is 11.1 Å². The van der Waals surface area contributed by atoms with Crippen molar-refractivity contribution in [2.24, 2.45) is 0 Å². The fourth-order valence-corrected chi connectivity index (χ4v) is 3.19. The molecule has 0 aliphatic carbocycles. The van der Waals surface area contributed by atoms with Crippen LogP contribution < -0.4 is 10.6 Å². The Morgan fingerprint density at radius 3 is 1.46 bits per heavy atom. The summed E-state index contributed by atoms with van der Waals surface area (Å²) in [5, 5.41) is 6.88. The zero-order chi connectivity index (χ0) is 18.5. The Kier molecular flexibility index (Phi) is 5.67. The van der Waals surface area contributed by atoms with Crippen molar-refractivity contribution in [3.05, 3.63) is 83.8 Å². The van der Waals surface area contributed by atoms with Gasteiger partial charge in [0.25, 0.3) is 0 Å². The number of hydrogen-bond acceptors (Lipinski definition) is 3. The molecule has 26 heavy (non-hydrogen) atoms. The lowest BCUT2D eigenvalue weighted by atomic mass is 9.89. The third-order valence-corrected chi connectivity index (χ3v) is 4.23. The van der Waals surface area contributed by atoms with Crippen molar-refractivity contribution in [2.45, 2.75) is 45.7 Å². The Hall–Kier alpha value is -2.68. The lowest BCUT2D eigenvalue weighted by Crippen LogP contribution is -2.10. The summed E-state index contributed by atoms with van der Waals surface area (Å²) in [7, 11) is 0. The number of rotatable bonds is 7. The van der Waals surface area contributed by atoms with Crippen LogP contribution in [0.5, 0.6) is 0 Å². The van der Waals surface area contributed by atoms with Gasteiger partial charge in [0.1, 0.15) is 5.76 Å². The lowest BCUT2D eigenvalue weighted by Gasteiger charge is -2.18. The fraction of sp³-hybridized carbons (Fsp3) is 0.304. The average Bonchev–Trinajstić information content (AvgIpc) is 3.11. The molecule has 0 atom stereocenters. The molecular weight excluding hydrogens is 320 g/mol. The standard InChI is InChI=1S/C23H28N2O/c1-16(2)24-20-11-7-18(8-12-20)23(22-6-5-15-26-22)19-9-13-21(14-10-19)25-17(3)4/h5-17,23-25H,1-4H3. The first-order chi connectivity index (χ1) is 12.5. The highest BCUT2D eigenvalue weighted by Crippen LogP contribution is 2.33. The maximum atomic E-state index is 5.76. The predicted molar refractivity (Wildman–Crippen MR) is 110 cm³/mol. The Bertz CT molecular complexity index is 734. The molecule has 0 fully saturated rings. The van der Waals surface area contributed by atoms with Crippen molar-refractivity contribution in [3.63, 3.8) is 0 Å². The van der Waals surface area contributed by atoms with Crippen molar-refractivity contribution in [3.8, 4) is 0 Å². The highest BCUT2D eigenvalue weighted by molar-refractivity contribution is 5.51. The molecule has 2 aromatic carbocycles. The summed E-state index contributed by atoms with van der Waals surface area (Å²) in [4.78, 5) is 0. The molecule has 0 saturated carbocycles. The largest absolute Gasteiger partial charge is 0.468 e. The Balaban J connectivity index is 1.91. The number of anilines is 2. The van der Waals surface area contributed by atoms with Crippen LogP contribution in [-0.4, -0.2) is 12.1 Å². The van der Waals surface area contributed by atoms with Gasteiger partial charge in [0.2, 0.25) is 0 Å². The van der Waals surface area contributed by atoms with Crippen LogP contribution in [0.2, 0.25) is 0 Å². The lowest BCUT2D eigenvalue weighted by molar-refractivity contribution is 0.503. The molecule has 0 unspecified atom stereocenters. The third-order valence-electron chi connectivity index (χ3n) is 4.23. The van der Waals surface area contributed by atoms with E-state index in [2.05, 4.69) is 86.9 Å². The molecule has 0 bridgehead atoms. The van der Waals surface area contributed by atoms with Gasteiger partial charge in [-0.15, -0.1) is 0 Å². The SMILES string of the molecule is CC(C)Nc1ccc(C(c2ccc(NC(C)C)cc2)c2ccco2)cc1. The van der Waals surface area contributed by atoms with Crippen LogP contribution >= 0.6 is 0 Å². The number of benzene rings is 2. The predicted octanol–water partition coefficient (Wildman–Crippen LogP) is 6.10. The molecule has 0 aliphatic heterocycles. The van der Waals surface area contributed by atoms with Crippen LogP contribution in [0, 0.1) is 0 Å². The van der Waals surface area contributed by atoms with Crippen LogP contribution in [-0.2, 0) is 0 Å². The van der Waals surface area contributed by atoms with Gasteiger partial charge in [-0.25, -0.2) is 0 Å². The van der Waals surface area contributed by atoms with Crippen molar-refractivity contribution in [1.82, 2.24) is 0 Å². The minimum atomic E-state index is 0.0891. The number of hydrogen-bond donors (Lipinski definition) is 2. The molecule has 2 N–H and O–H groups in total. The summed E-state index contributed by atoms with van der Waals surface area (Å²) in [5.41, 5.74) is 4.72. The Labute approximate surface area is 156 Å². The van der Waals surface area contributed by atoms with Gasteiger partial charge in [-0.1, -0.05) is 24.3 Å². The molecule has 1 heterocycles. The second kappa shape index (κ2) is 8.13. The maximum absolute atomic E-state index is 5.76. The van der Waals surface area contributed by atoms with E-state index in [4.69, 9.17) is 4.42 Å². The van der Waals surface area contributed by atoms with E-state index in [0.717, 1.165) is 17.1 Å². The molecule has 0 amide bonds. The zero-order valence-electron chi connectivity index (χ0n) is 16.0. The van der Waals surface area contributed by atoms with Crippen LogP contribution in [0.15, 0.2) is 71.3 Å². The van der Waals surface area contributed by atoms with E-state index in [0.29, 0.717) is 12.1 Å². The van der Waals surface area contributed by atoms with Crippen molar-refractivity contribution < 1.29 is 4.42 Å². The fourth-order valence-electron chi connectivity index (χ4n) is 3.19. The molecule has 3 rings (SSSR count). The molecule has 0 spiro atoms. The first-order valence-electron chi connectivity index (χ1n) is 9.29. The Morgan fingerprint density at radius 2 is 1.12 bits per heavy atom. The molecule has 1 aromatic heterocycles. The minimum Gasteiger partial charge on any atom is -0.468 e. The first-order valence-corrected chi connectivity index (χ1v) is 9.29. The summed E-state index contributed by atoms with van der Waals surface area (Å²) >= 11 is 0. The van der Waals surface area contributed by atoms with Gasteiger partial charge in [-0.3, -0.25) is 0 Å². The number of nitrogens with one attached hydrogen (secondary N) is 2. The van der Waals surface area contributed by atoms with Gasteiger partial charge in [-0.2, -0.15) is 0 Å². The monoisotopic (exact) mass is 348 g/mol. The zero-order valence-corrected chi connectivity index (χ0v) is 16.0. The maximum Gasteiger partial charge on any atom is 0.115 e. The van der Waals surface area contributed by atoms with Crippen LogP contribution in [0.3, 0.4) is 0 Å². The quantitative estimate of drug-likeness (QED) is 0.541. The van der Waals surface area contributed by atoms with Crippen LogP contribution in [0.1, 0.15) is 50.5 Å². The molecule has 3 heteroatoms. The molecule has 0 radical (unpaired) electrons. The second-order valence-corrected chi connectivity index (χ2v) is 7.29. The van der Waals surface area contributed by atoms with Crippen LogP contribution in [0.4, 0.5) is 11.4 Å². The third kappa shape index (κ3) is 4.48. The van der Waals surface area contributed by atoms with Gasteiger partial charge in [-0.05, 0) is 75.2 Å². The van der Waals surface area contributed by atoms with Gasteiger partial charge in [0, 0.05) is 23.5 Å². The summed E-state index contributed by atoms with van der Waals surface area (Å²) in [6.45, 7) is 8.58. The summed E-state index contributed by atoms with van der Waals surface area (Å²) in [6, 6.07) is 22.1. The molecule has 0 saturated heterocycles. The highest BCUT2D eigenvalue weighted by Gasteiger charge is 2.19. The first kappa shape index (κ1) is 18.1. The summed E-state index contributed by atoms with van der Waals surface area (Å²) in [6.07, 6.45) is 1.74. The van der Waals surface area contributed by atoms with Crippen molar-refractivity contribution >= 4 is 11.4 Å². The van der Waals surface area contributed by atoms with Gasteiger partial charge in [0.05, 0.1) is 12.2 Å². The van der Waals surface area contributed by atoms with E-state index in [9.17, 15) is 0 Å². The van der Waals surface area contributed by atoms with Crippen molar-refractivity contribution in [1.29, 1.82) is 0 Å². The topological polar surface area (TPSA) is 37.2 Å². The molecule has 3 aromatic rings. The van der Waals surface area contributed by atoms with Gasteiger partial charge in [0.15, 0.2) is 0 Å². The average molecular weight is 348 g/mol. The second-order valence-electron chi connectivity index (χ2n) is 7.29. The molecule has 136 valence electrons. The number of furan rings is 1. The van der Waals surface area contributed by atoms with E-state index in [-0.39, 0.29) is 5.92 Å². The van der Waals surface area contributed by atoms with Crippen molar-refractivity contribution in [2.75, 3.05) is 10.6 Å². The van der Waals surface area contributed by atoms with Crippen LogP contribution in [0.25, 0.3) is 0 Å². The van der Waals surface area contributed by atoms with E-state index >= 15 is 0 Å². The molecular formula is C23H28N2O. The van der Waals surface area contributed by atoms with Gasteiger partial charge >= 0.3 is 0 Å². The summed E-state index contributed by atoms with van der Waals surface area (Å²) < 4.78 is 5.76. The normalized spacial score (nSPS) is 11.3. The van der Waals surface area contributed by atoms with E-state index < -0.39 is 0 Å². The minimum absolute atomic E-state index is 0.0891. The van der Waals surface area contributed by atoms with E-state index in [1.54, 1.807) is 6.26 Å².